The summed E-state index contributed by atoms with van der Waals surface area (Å²) in [5.41, 5.74) is 4.56. The van der Waals surface area contributed by atoms with Gasteiger partial charge < -0.3 is 4.79 Å². The van der Waals surface area contributed by atoms with Crippen molar-refractivity contribution in [2.75, 3.05) is 0 Å². The Labute approximate surface area is 214 Å². The van der Waals surface area contributed by atoms with Gasteiger partial charge in [0.1, 0.15) is 6.29 Å². The lowest BCUT2D eigenvalue weighted by molar-refractivity contribution is -0.111. The first kappa shape index (κ1) is 22.0. The van der Waals surface area contributed by atoms with Gasteiger partial charge in [-0.2, -0.15) is 0 Å². The molecule has 3 aliphatic carbocycles. The Balaban J connectivity index is 1.67. The molecule has 1 unspecified atom stereocenters. The van der Waals surface area contributed by atoms with Gasteiger partial charge in [0, 0.05) is 10.8 Å². The fourth-order valence-corrected chi connectivity index (χ4v) is 5.14. The van der Waals surface area contributed by atoms with Gasteiger partial charge in [0.05, 0.1) is 39.6 Å². The van der Waals surface area contributed by atoms with E-state index < -0.39 is 5.41 Å². The van der Waals surface area contributed by atoms with Crippen LogP contribution in [0.5, 0.6) is 0 Å². The number of rotatable bonds is 1. The molecule has 0 radical (unpaired) electrons. The number of aldehydes is 1. The normalized spacial score (nSPS) is 22.7. The van der Waals surface area contributed by atoms with Crippen LogP contribution < -0.4 is 0 Å². The number of hydrogen-bond donors (Lipinski definition) is 0. The van der Waals surface area contributed by atoms with Crippen molar-refractivity contribution in [1.82, 2.24) is 28.2 Å². The van der Waals surface area contributed by atoms with Crippen molar-refractivity contribution in [1.29, 1.82) is 0 Å². The van der Waals surface area contributed by atoms with Gasteiger partial charge in [0.15, 0.2) is 0 Å². The molecule has 1 atom stereocenters. The molecule has 4 aromatic heterocycles. The van der Waals surface area contributed by atoms with E-state index in [0.717, 1.165) is 57.8 Å². The topological polar surface area (TPSA) is 69.0 Å². The highest BCUT2D eigenvalue weighted by Crippen LogP contribution is 2.35. The molecule has 7 nitrogen and oxygen atoms in total. The first-order chi connectivity index (χ1) is 17.6. The summed E-state index contributed by atoms with van der Waals surface area (Å²) in [7, 11) is 0. The number of nitrogens with zero attached hydrogens (tertiary/aromatic N) is 6. The van der Waals surface area contributed by atoms with E-state index in [1.165, 1.54) is 0 Å². The molecule has 4 aromatic rings. The predicted molar refractivity (Wildman–Crippen MR) is 149 cm³/mol. The Morgan fingerprint density at radius 3 is 1.27 bits per heavy atom. The minimum Gasteiger partial charge on any atom is -0.302 e. The van der Waals surface area contributed by atoms with Crippen LogP contribution in [0.3, 0.4) is 0 Å². The van der Waals surface area contributed by atoms with E-state index in [1.807, 2.05) is 31.2 Å². The Morgan fingerprint density at radius 2 is 0.865 bits per heavy atom. The van der Waals surface area contributed by atoms with Crippen LogP contribution in [0.15, 0.2) is 36.5 Å². The maximum Gasteiger partial charge on any atom is 0.225 e. The van der Waals surface area contributed by atoms with Gasteiger partial charge in [-0.15, -0.1) is 0 Å². The number of carbonyl (C=O) groups excluding carboxylic acids is 1. The van der Waals surface area contributed by atoms with Gasteiger partial charge in [-0.25, -0.2) is 28.2 Å². The van der Waals surface area contributed by atoms with Gasteiger partial charge in [0.2, 0.25) is 17.3 Å². The molecule has 0 aromatic carbocycles. The summed E-state index contributed by atoms with van der Waals surface area (Å²) in [6.45, 7) is 10.6. The zero-order valence-corrected chi connectivity index (χ0v) is 21.6. The van der Waals surface area contributed by atoms with E-state index >= 15 is 0 Å². The fourth-order valence-electron chi connectivity index (χ4n) is 5.14. The molecule has 0 fully saturated rings. The summed E-state index contributed by atoms with van der Waals surface area (Å²) in [4.78, 5) is 27.1. The average Bonchev–Trinajstić information content (AvgIpc) is 3.42. The third-order valence-corrected chi connectivity index (χ3v) is 7.51. The molecular weight excluding hydrogens is 460 g/mol. The monoisotopic (exact) mass is 488 g/mol. The lowest BCUT2D eigenvalue weighted by Gasteiger charge is -2.13. The molecule has 0 bridgehead atoms. The first-order valence-electron chi connectivity index (χ1n) is 12.6. The maximum atomic E-state index is 11.8. The van der Waals surface area contributed by atoms with Crippen LogP contribution >= 0.6 is 0 Å². The van der Waals surface area contributed by atoms with Crippen molar-refractivity contribution in [2.24, 2.45) is 16.2 Å². The highest BCUT2D eigenvalue weighted by molar-refractivity contribution is 5.80. The fraction of sp³-hybridized carbons (Fsp3) is 0.267. The molecule has 7 rings (SSSR count). The molecule has 0 saturated carbocycles. The molecule has 0 aliphatic heterocycles. The minimum absolute atomic E-state index is 0.0798. The number of carbonyl (C=O) groups is 1. The highest BCUT2D eigenvalue weighted by atomic mass is 16.1. The number of imidazole rings is 3. The average molecular weight is 489 g/mol. The van der Waals surface area contributed by atoms with E-state index in [2.05, 4.69) is 89.5 Å². The number of hydrogen-bond acceptors (Lipinski definition) is 4. The lowest BCUT2D eigenvalue weighted by Crippen LogP contribution is -2.10. The van der Waals surface area contributed by atoms with Crippen LogP contribution in [0.2, 0.25) is 0 Å². The quantitative estimate of drug-likeness (QED) is 0.308. The lowest BCUT2D eigenvalue weighted by atomic mass is 9.92. The van der Waals surface area contributed by atoms with Crippen molar-refractivity contribution < 1.29 is 4.79 Å². The van der Waals surface area contributed by atoms with Crippen LogP contribution in [0.4, 0.5) is 0 Å². The molecular formula is C30H28N6O. The Kier molecular flexibility index (Phi) is 4.12. The van der Waals surface area contributed by atoms with Gasteiger partial charge in [-0.1, -0.05) is 64.2 Å². The van der Waals surface area contributed by atoms with Crippen LogP contribution in [0.25, 0.3) is 53.8 Å². The van der Waals surface area contributed by atoms with Crippen molar-refractivity contribution >= 4 is 60.1 Å². The van der Waals surface area contributed by atoms with Crippen molar-refractivity contribution in [3.8, 4) is 0 Å². The van der Waals surface area contributed by atoms with E-state index in [-0.39, 0.29) is 10.8 Å². The van der Waals surface area contributed by atoms with Gasteiger partial charge in [-0.05, 0) is 43.4 Å². The molecule has 0 spiro atoms. The summed E-state index contributed by atoms with van der Waals surface area (Å²) < 4.78 is 6.32. The molecule has 37 heavy (non-hydrogen) atoms. The second kappa shape index (κ2) is 6.94. The van der Waals surface area contributed by atoms with Crippen molar-refractivity contribution in [2.45, 2.75) is 34.6 Å². The number of aromatic nitrogens is 6. The van der Waals surface area contributed by atoms with Crippen LogP contribution in [0, 0.1) is 16.2 Å². The predicted octanol–water partition coefficient (Wildman–Crippen LogP) is 6.01. The maximum absolute atomic E-state index is 11.8. The van der Waals surface area contributed by atoms with Crippen LogP contribution in [0.1, 0.15) is 68.8 Å². The zero-order chi connectivity index (χ0) is 25.7. The standard InChI is InChI=1S/C30H28N6O/c1-28(2)12-6-19-23(10-15-28)35-25(31-19)34-22-9-14-29(3,4)13-7-20(22)32-26(34)36-24-11-17-30(5,18-37)16-8-21(24)33-27(35)36/h6-18H,1-5H3. The molecule has 0 N–H and O–H groups in total. The summed E-state index contributed by atoms with van der Waals surface area (Å²) in [5, 5.41) is 0. The van der Waals surface area contributed by atoms with E-state index in [9.17, 15) is 4.79 Å². The summed E-state index contributed by atoms with van der Waals surface area (Å²) >= 11 is 0. The first-order valence-corrected chi connectivity index (χ1v) is 12.6. The Hall–Kier alpha value is -4.26. The molecule has 3 aliphatic rings. The number of allylic oxidation sites excluding steroid dienone is 6. The second-order valence-electron chi connectivity index (χ2n) is 11.7. The molecule has 7 heteroatoms. The van der Waals surface area contributed by atoms with Gasteiger partial charge in [0.25, 0.3) is 0 Å². The van der Waals surface area contributed by atoms with Crippen LogP contribution in [-0.2, 0) is 4.79 Å². The SMILES string of the molecule is CC1(C)C=Cc2nc3n(c2C=C1)c1nc2c(n1c1nc4c(n31)C=CC(C)(C)C=C4)C=CC(C)(C=O)C=C2. The van der Waals surface area contributed by atoms with Gasteiger partial charge >= 0.3 is 0 Å². The smallest absolute Gasteiger partial charge is 0.225 e. The minimum atomic E-state index is -0.685. The summed E-state index contributed by atoms with van der Waals surface area (Å²) in [6, 6.07) is 0. The zero-order valence-electron chi connectivity index (χ0n) is 21.6. The molecule has 0 amide bonds. The van der Waals surface area contributed by atoms with Crippen molar-refractivity contribution in [3.63, 3.8) is 0 Å². The largest absolute Gasteiger partial charge is 0.302 e. The molecule has 4 heterocycles. The number of fused-ring (bicyclic) bond motifs is 12. The van der Waals surface area contributed by atoms with Gasteiger partial charge in [-0.3, -0.25) is 0 Å². The third-order valence-electron chi connectivity index (χ3n) is 7.51. The highest BCUT2D eigenvalue weighted by Gasteiger charge is 2.28. The summed E-state index contributed by atoms with van der Waals surface area (Å²) in [5.74, 6) is 2.23. The Morgan fingerprint density at radius 1 is 0.541 bits per heavy atom. The second-order valence-corrected chi connectivity index (χ2v) is 11.7. The molecule has 0 saturated heterocycles. The van der Waals surface area contributed by atoms with E-state index in [0.29, 0.717) is 0 Å². The Bertz CT molecular complexity index is 1810. The van der Waals surface area contributed by atoms with Crippen LogP contribution in [-0.4, -0.2) is 34.4 Å². The van der Waals surface area contributed by atoms with Crippen molar-refractivity contribution in [3.05, 3.63) is 70.6 Å². The van der Waals surface area contributed by atoms with E-state index in [4.69, 9.17) is 15.0 Å². The van der Waals surface area contributed by atoms with E-state index in [1.54, 1.807) is 0 Å². The summed E-state index contributed by atoms with van der Waals surface area (Å²) in [6.07, 6.45) is 25.9. The molecule has 184 valence electrons. The third kappa shape index (κ3) is 3.13.